The van der Waals surface area contributed by atoms with Crippen molar-refractivity contribution in [3.05, 3.63) is 53.2 Å². The van der Waals surface area contributed by atoms with Crippen molar-refractivity contribution in [2.45, 2.75) is 18.7 Å². The van der Waals surface area contributed by atoms with E-state index in [-0.39, 0.29) is 0 Å². The maximum atomic E-state index is 12.9. The Morgan fingerprint density at radius 1 is 1.08 bits per heavy atom. The van der Waals surface area contributed by atoms with Crippen LogP contribution in [0, 0.1) is 25.2 Å². The van der Waals surface area contributed by atoms with Crippen LogP contribution in [0.4, 0.5) is 5.82 Å². The third-order valence-corrected chi connectivity index (χ3v) is 6.45. The van der Waals surface area contributed by atoms with Gasteiger partial charge in [-0.3, -0.25) is 0 Å². The van der Waals surface area contributed by atoms with Crippen LogP contribution in [-0.2, 0) is 10.0 Å². The number of sulfonamides is 1. The van der Waals surface area contributed by atoms with E-state index in [4.69, 9.17) is 5.26 Å². The fourth-order valence-electron chi connectivity index (χ4n) is 3.02. The molecule has 0 aliphatic carbocycles. The Morgan fingerprint density at radius 3 is 2.36 bits per heavy atom. The highest BCUT2D eigenvalue weighted by Gasteiger charge is 2.29. The average molecular weight is 356 g/mol. The summed E-state index contributed by atoms with van der Waals surface area (Å²) < 4.78 is 27.3. The number of pyridine rings is 1. The molecule has 2 aromatic rings. The highest BCUT2D eigenvalue weighted by atomic mass is 32.2. The molecular weight excluding hydrogens is 336 g/mol. The molecule has 1 aliphatic heterocycles. The predicted molar refractivity (Wildman–Crippen MR) is 95.8 cm³/mol. The Morgan fingerprint density at radius 2 is 1.80 bits per heavy atom. The van der Waals surface area contributed by atoms with Crippen molar-refractivity contribution >= 4 is 15.8 Å². The second-order valence-electron chi connectivity index (χ2n) is 6.18. The summed E-state index contributed by atoms with van der Waals surface area (Å²) in [6, 6.07) is 11.0. The second-order valence-corrected chi connectivity index (χ2v) is 8.08. The molecule has 6 nitrogen and oxygen atoms in total. The zero-order valence-corrected chi connectivity index (χ0v) is 15.1. The second kappa shape index (κ2) is 6.82. The first-order valence-corrected chi connectivity index (χ1v) is 9.54. The van der Waals surface area contributed by atoms with E-state index in [1.54, 1.807) is 18.2 Å². The lowest BCUT2D eigenvalue weighted by Gasteiger charge is -2.34. The molecule has 0 saturated carbocycles. The Labute approximate surface area is 148 Å². The topological polar surface area (TPSA) is 77.3 Å². The third kappa shape index (κ3) is 3.50. The van der Waals surface area contributed by atoms with Gasteiger partial charge in [0.1, 0.15) is 11.9 Å². The summed E-state index contributed by atoms with van der Waals surface area (Å²) in [5.74, 6) is 0.766. The van der Waals surface area contributed by atoms with E-state index in [2.05, 4.69) is 4.98 Å². The maximum Gasteiger partial charge on any atom is 0.243 e. The largest absolute Gasteiger partial charge is 0.354 e. The van der Waals surface area contributed by atoms with Crippen molar-refractivity contribution in [3.8, 4) is 6.07 Å². The number of anilines is 1. The molecule has 3 rings (SSSR count). The van der Waals surface area contributed by atoms with Gasteiger partial charge < -0.3 is 4.90 Å². The number of rotatable bonds is 3. The lowest BCUT2D eigenvalue weighted by molar-refractivity contribution is 0.383. The molecule has 130 valence electrons. The smallest absolute Gasteiger partial charge is 0.243 e. The summed E-state index contributed by atoms with van der Waals surface area (Å²) in [6.45, 7) is 5.75. The normalized spacial score (nSPS) is 15.8. The fourth-order valence-corrected chi connectivity index (χ4v) is 4.65. The number of hydrogen-bond acceptors (Lipinski definition) is 5. The van der Waals surface area contributed by atoms with E-state index < -0.39 is 10.0 Å². The molecule has 0 radical (unpaired) electrons. The Bertz CT molecular complexity index is 909. The maximum absolute atomic E-state index is 12.9. The lowest BCUT2D eigenvalue weighted by Crippen LogP contribution is -2.49. The zero-order valence-electron chi connectivity index (χ0n) is 14.3. The average Bonchev–Trinajstić information content (AvgIpc) is 2.61. The SMILES string of the molecule is Cc1ccc(S(=O)(=O)N2CCN(c3ccc(C#N)cn3)CC2)c(C)c1. The lowest BCUT2D eigenvalue weighted by atomic mass is 10.2. The molecule has 1 saturated heterocycles. The summed E-state index contributed by atoms with van der Waals surface area (Å²) in [5.41, 5.74) is 2.34. The van der Waals surface area contributed by atoms with Crippen LogP contribution in [0.3, 0.4) is 0 Å². The Balaban J connectivity index is 1.73. The van der Waals surface area contributed by atoms with Crippen LogP contribution in [0.2, 0.25) is 0 Å². The van der Waals surface area contributed by atoms with Crippen LogP contribution in [0.5, 0.6) is 0 Å². The molecule has 7 heteroatoms. The van der Waals surface area contributed by atoms with Gasteiger partial charge in [-0.25, -0.2) is 13.4 Å². The van der Waals surface area contributed by atoms with Gasteiger partial charge >= 0.3 is 0 Å². The van der Waals surface area contributed by atoms with Crippen LogP contribution in [-0.4, -0.2) is 43.9 Å². The fraction of sp³-hybridized carbons (Fsp3) is 0.333. The van der Waals surface area contributed by atoms with Crippen LogP contribution >= 0.6 is 0 Å². The van der Waals surface area contributed by atoms with Gasteiger partial charge in [-0.1, -0.05) is 17.7 Å². The van der Waals surface area contributed by atoms with Crippen molar-refractivity contribution in [2.75, 3.05) is 31.1 Å². The summed E-state index contributed by atoms with van der Waals surface area (Å²) in [5, 5.41) is 8.83. The Hall–Kier alpha value is -2.43. The first-order chi connectivity index (χ1) is 11.9. The molecule has 0 bridgehead atoms. The number of aryl methyl sites for hydroxylation is 2. The van der Waals surface area contributed by atoms with E-state index in [0.717, 1.165) is 16.9 Å². The standard InChI is InChI=1S/C18H20N4O2S/c1-14-3-5-17(15(2)11-14)25(23,24)22-9-7-21(8-10-22)18-6-4-16(12-19)13-20-18/h3-6,11,13H,7-10H2,1-2H3. The van der Waals surface area contributed by atoms with E-state index in [9.17, 15) is 8.42 Å². The van der Waals surface area contributed by atoms with Gasteiger partial charge in [-0.2, -0.15) is 9.57 Å². The number of piperazine rings is 1. The van der Waals surface area contributed by atoms with E-state index in [0.29, 0.717) is 36.6 Å². The predicted octanol–water partition coefficient (Wildman–Crippen LogP) is 2.08. The van der Waals surface area contributed by atoms with Gasteiger partial charge in [0.15, 0.2) is 0 Å². The van der Waals surface area contributed by atoms with Crippen molar-refractivity contribution < 1.29 is 8.42 Å². The summed E-state index contributed by atoms with van der Waals surface area (Å²) in [7, 11) is -3.48. The molecule has 25 heavy (non-hydrogen) atoms. The van der Waals surface area contributed by atoms with Gasteiger partial charge in [0.25, 0.3) is 0 Å². The van der Waals surface area contributed by atoms with Crippen LogP contribution in [0.25, 0.3) is 0 Å². The minimum absolute atomic E-state index is 0.378. The number of aromatic nitrogens is 1. The highest BCUT2D eigenvalue weighted by Crippen LogP contribution is 2.23. The number of hydrogen-bond donors (Lipinski definition) is 0. The molecule has 0 N–H and O–H groups in total. The van der Waals surface area contributed by atoms with Crippen molar-refractivity contribution in [1.82, 2.24) is 9.29 Å². The van der Waals surface area contributed by atoms with Gasteiger partial charge in [-0.05, 0) is 37.6 Å². The third-order valence-electron chi connectivity index (χ3n) is 4.39. The molecule has 1 aliphatic rings. The molecule has 0 unspecified atom stereocenters. The number of nitriles is 1. The highest BCUT2D eigenvalue weighted by molar-refractivity contribution is 7.89. The minimum atomic E-state index is -3.48. The van der Waals surface area contributed by atoms with Gasteiger partial charge in [0, 0.05) is 32.4 Å². The first-order valence-electron chi connectivity index (χ1n) is 8.10. The van der Waals surface area contributed by atoms with Crippen molar-refractivity contribution in [1.29, 1.82) is 5.26 Å². The minimum Gasteiger partial charge on any atom is -0.354 e. The molecule has 1 aromatic carbocycles. The van der Waals surface area contributed by atoms with Gasteiger partial charge in [0.05, 0.1) is 10.5 Å². The summed E-state index contributed by atoms with van der Waals surface area (Å²) >= 11 is 0. The van der Waals surface area contributed by atoms with Crippen molar-refractivity contribution in [2.24, 2.45) is 0 Å². The molecular formula is C18H20N4O2S. The van der Waals surface area contributed by atoms with E-state index in [1.165, 1.54) is 10.5 Å². The molecule has 0 spiro atoms. The van der Waals surface area contributed by atoms with Crippen LogP contribution < -0.4 is 4.90 Å². The monoisotopic (exact) mass is 356 g/mol. The first kappa shape index (κ1) is 17.4. The molecule has 1 aromatic heterocycles. The Kier molecular flexibility index (Phi) is 4.75. The number of nitrogens with zero attached hydrogens (tertiary/aromatic N) is 4. The van der Waals surface area contributed by atoms with Gasteiger partial charge in [-0.15, -0.1) is 0 Å². The zero-order chi connectivity index (χ0) is 18.0. The van der Waals surface area contributed by atoms with Crippen molar-refractivity contribution in [3.63, 3.8) is 0 Å². The molecule has 1 fully saturated rings. The summed E-state index contributed by atoms with van der Waals surface area (Å²) in [4.78, 5) is 6.69. The number of benzene rings is 1. The molecule has 2 heterocycles. The van der Waals surface area contributed by atoms with Crippen LogP contribution in [0.1, 0.15) is 16.7 Å². The van der Waals surface area contributed by atoms with Gasteiger partial charge in [0.2, 0.25) is 10.0 Å². The van der Waals surface area contributed by atoms with E-state index >= 15 is 0 Å². The summed E-state index contributed by atoms with van der Waals surface area (Å²) in [6.07, 6.45) is 1.54. The van der Waals surface area contributed by atoms with E-state index in [1.807, 2.05) is 36.9 Å². The molecule has 0 atom stereocenters. The molecule has 0 amide bonds. The quantitative estimate of drug-likeness (QED) is 0.841. The van der Waals surface area contributed by atoms with Crippen LogP contribution in [0.15, 0.2) is 41.4 Å².